The third kappa shape index (κ3) is 79.5. The second-order valence-corrected chi connectivity index (χ2v) is 14.7. The van der Waals surface area contributed by atoms with Gasteiger partial charge in [-0.3, -0.25) is 0 Å². The number of alkyl halides is 4. The highest BCUT2D eigenvalue weighted by Gasteiger charge is 2.30. The Kier molecular flexibility index (Phi) is 82.0. The van der Waals surface area contributed by atoms with Crippen molar-refractivity contribution in [3.8, 4) is 0 Å². The van der Waals surface area contributed by atoms with Crippen molar-refractivity contribution in [3.05, 3.63) is 0 Å². The van der Waals surface area contributed by atoms with Crippen LogP contribution in [-0.4, -0.2) is 251 Å². The van der Waals surface area contributed by atoms with Gasteiger partial charge in [0, 0.05) is 29.1 Å². The molecular weight excluding hydrogens is 1000 g/mol. The summed E-state index contributed by atoms with van der Waals surface area (Å²) < 4.78 is 10.6. The Morgan fingerprint density at radius 1 is 0.525 bits per heavy atom. The zero-order valence-electron chi connectivity index (χ0n) is 34.8. The molecule has 0 rings (SSSR count). The van der Waals surface area contributed by atoms with E-state index in [0.29, 0.717) is 18.2 Å². The lowest BCUT2D eigenvalue weighted by molar-refractivity contribution is -0.00334. The molecule has 0 saturated carbocycles. The van der Waals surface area contributed by atoms with E-state index in [1.165, 1.54) is 13.8 Å². The molecule has 0 aliphatic heterocycles. The maximum absolute atomic E-state index is 11.0. The summed E-state index contributed by atoms with van der Waals surface area (Å²) in [5.74, 6) is -0.212. The molecule has 0 saturated heterocycles. The molecule has 0 radical (unpaired) electrons. The summed E-state index contributed by atoms with van der Waals surface area (Å²) in [5.41, 5.74) is 0. The molecule has 0 aliphatic carbocycles. The molecule has 10 unspecified atom stereocenters. The van der Waals surface area contributed by atoms with Crippen molar-refractivity contribution in [3.63, 3.8) is 0 Å². The molecule has 59 heavy (non-hydrogen) atoms. The molecule has 12 atom stereocenters. The first-order valence-corrected chi connectivity index (χ1v) is 21.6. The average molecular weight is 1080 g/mol. The van der Waals surface area contributed by atoms with Gasteiger partial charge < -0.3 is 102 Å². The normalized spacial score (nSPS) is 16.3. The maximum Gasteiger partial charge on any atom is 0.118 e. The van der Waals surface area contributed by atoms with Crippen molar-refractivity contribution in [2.75, 3.05) is 84.0 Å². The van der Waals surface area contributed by atoms with Crippen molar-refractivity contribution in [1.29, 1.82) is 0 Å². The van der Waals surface area contributed by atoms with E-state index in [-0.39, 0.29) is 80.9 Å². The van der Waals surface area contributed by atoms with Crippen molar-refractivity contribution >= 4 is 50.1 Å². The number of aliphatic hydroxyl groups excluding tert-OH is 20. The summed E-state index contributed by atoms with van der Waals surface area (Å²) in [4.78, 5) is 0. The predicted octanol–water partition coefficient (Wildman–Crippen LogP) is -4.13. The third-order valence-corrected chi connectivity index (χ3v) is 9.07. The van der Waals surface area contributed by atoms with Gasteiger partial charge in [0.1, 0.15) is 12.8 Å². The van der Waals surface area contributed by atoms with Crippen molar-refractivity contribution in [2.24, 2.45) is 5.92 Å². The van der Waals surface area contributed by atoms with Crippen LogP contribution in [0.15, 0.2) is 0 Å². The largest absolute Gasteiger partial charge is 0.396 e. The fraction of sp³-hybridized carbons (Fsp3) is 1.00. The Morgan fingerprint density at radius 2 is 0.932 bits per heavy atom. The minimum absolute atomic E-state index is 0.0810. The van der Waals surface area contributed by atoms with Gasteiger partial charge in [0.05, 0.1) is 107 Å². The number of rotatable bonds is 23. The quantitative estimate of drug-likeness (QED) is 0.0262. The standard InChI is InChI=1S/C11H23IO6.3C4H10O2.C3H7BrO2.C3H7ClO2.C3H7FO2.C3H8O2/c1-6(15)9(17)3-7(2-8(16)4-13)11(12)10(18)5-14;1-4(6)2-3-5;1-2-4(6)3-5;5-3-1-2-4-6;3*4-1-3(6)2-5;1-3(5)2-4/h6-11,13-18H,2-5H2,1H3;2*4-6H,2-3H2,1H3;5-6H,1-4H2;3*3,5-6H,1-2H2;3-5H,2H2,1H3/t6?,7?,8-,9?,10?,11?;;;;;;;3-/m0......0/s1. The van der Waals surface area contributed by atoms with Gasteiger partial charge in [0.25, 0.3) is 0 Å². The fourth-order valence-electron chi connectivity index (χ4n) is 2.39. The first-order chi connectivity index (χ1) is 27.5. The van der Waals surface area contributed by atoms with Crippen molar-refractivity contribution < 1.29 is 107 Å². The zero-order valence-corrected chi connectivity index (χ0v) is 39.3. The Hall–Kier alpha value is 0.630. The molecular formula is C35H82BrClFIO20. The van der Waals surface area contributed by atoms with Gasteiger partial charge >= 0.3 is 0 Å². The van der Waals surface area contributed by atoms with Crippen molar-refractivity contribution in [2.45, 2.75) is 131 Å². The summed E-state index contributed by atoms with van der Waals surface area (Å²) in [7, 11) is 0. The van der Waals surface area contributed by atoms with Crippen molar-refractivity contribution in [1.82, 2.24) is 0 Å². The Balaban J connectivity index is -0.0000000897. The molecule has 24 heteroatoms. The molecule has 0 fully saturated rings. The second-order valence-electron chi connectivity index (χ2n) is 12.3. The predicted molar refractivity (Wildman–Crippen MR) is 233 cm³/mol. The Labute approximate surface area is 376 Å². The van der Waals surface area contributed by atoms with Crippen LogP contribution < -0.4 is 0 Å². The van der Waals surface area contributed by atoms with E-state index in [0.717, 1.165) is 12.8 Å². The van der Waals surface area contributed by atoms with E-state index in [2.05, 4.69) is 15.9 Å². The molecule has 370 valence electrons. The van der Waals surface area contributed by atoms with E-state index in [1.54, 1.807) is 6.92 Å². The summed E-state index contributed by atoms with van der Waals surface area (Å²) in [6.07, 6.45) is -4.80. The van der Waals surface area contributed by atoms with E-state index in [1.807, 2.05) is 29.5 Å². The lowest BCUT2D eigenvalue weighted by atomic mass is 9.88. The molecule has 0 heterocycles. The summed E-state index contributed by atoms with van der Waals surface area (Å²) in [5, 5.41) is 170. The SMILES string of the molecule is CC(O)C(O)CC(C[C@H](O)CO)C(I)C(O)CO.CC(O)CCO.CCC(O)CO.C[C@H](O)CO.OCC(O)CBr.OCC(O)CCl.OCC(O)CF.OCCCCO. The van der Waals surface area contributed by atoms with E-state index < -0.39 is 81.4 Å². The van der Waals surface area contributed by atoms with Crippen LogP contribution in [0.25, 0.3) is 0 Å². The van der Waals surface area contributed by atoms with Gasteiger partial charge in [-0.2, -0.15) is 0 Å². The van der Waals surface area contributed by atoms with Gasteiger partial charge in [-0.1, -0.05) is 45.4 Å². The van der Waals surface area contributed by atoms with Gasteiger partial charge in [-0.25, -0.2) is 4.39 Å². The number of unbranched alkanes of at least 4 members (excludes halogenated alkanes) is 1. The highest BCUT2D eigenvalue weighted by molar-refractivity contribution is 14.1. The van der Waals surface area contributed by atoms with Crippen LogP contribution in [0, 0.1) is 5.92 Å². The molecule has 0 bridgehead atoms. The van der Waals surface area contributed by atoms with E-state index in [4.69, 9.17) is 93.3 Å². The second kappa shape index (κ2) is 62.9. The summed E-state index contributed by atoms with van der Waals surface area (Å²) in [6, 6.07) is 0. The molecule has 0 aromatic carbocycles. The number of aliphatic hydroxyl groups is 20. The van der Waals surface area contributed by atoms with Gasteiger partial charge in [0.15, 0.2) is 0 Å². The average Bonchev–Trinajstić information content (AvgIpc) is 3.24. The Morgan fingerprint density at radius 3 is 1.07 bits per heavy atom. The number of hydrogen-bond acceptors (Lipinski definition) is 20. The minimum atomic E-state index is -1.18. The van der Waals surface area contributed by atoms with E-state index >= 15 is 0 Å². The van der Waals surface area contributed by atoms with Crippen LogP contribution in [0.5, 0.6) is 0 Å². The molecule has 20 nitrogen and oxygen atoms in total. The lowest BCUT2D eigenvalue weighted by Gasteiger charge is -2.29. The number of halogens is 4. The first kappa shape index (κ1) is 76.9. The van der Waals surface area contributed by atoms with Crippen LogP contribution in [0.2, 0.25) is 0 Å². The van der Waals surface area contributed by atoms with Crippen LogP contribution in [0.3, 0.4) is 0 Å². The van der Waals surface area contributed by atoms with Crippen LogP contribution >= 0.6 is 50.1 Å². The molecule has 0 spiro atoms. The fourth-order valence-corrected chi connectivity index (χ4v) is 3.51. The summed E-state index contributed by atoms with van der Waals surface area (Å²) >= 11 is 9.95. The number of hydrogen-bond donors (Lipinski definition) is 20. The van der Waals surface area contributed by atoms with E-state index in [9.17, 15) is 24.8 Å². The lowest BCUT2D eigenvalue weighted by Crippen LogP contribution is -2.37. The van der Waals surface area contributed by atoms with Gasteiger partial charge in [-0.15, -0.1) is 11.6 Å². The maximum atomic E-state index is 11.0. The third-order valence-electron chi connectivity index (χ3n) is 6.12. The zero-order chi connectivity index (χ0) is 48.4. The topological polar surface area (TPSA) is 405 Å². The Bertz CT molecular complexity index is 651. The molecule has 0 aromatic heterocycles. The van der Waals surface area contributed by atoms with Gasteiger partial charge in [-0.05, 0) is 65.2 Å². The first-order valence-electron chi connectivity index (χ1n) is 18.7. The molecule has 0 aromatic rings. The minimum Gasteiger partial charge on any atom is -0.396 e. The molecule has 20 N–H and O–H groups in total. The highest BCUT2D eigenvalue weighted by atomic mass is 127. The summed E-state index contributed by atoms with van der Waals surface area (Å²) in [6.45, 7) is 4.09. The van der Waals surface area contributed by atoms with Crippen LogP contribution in [0.1, 0.15) is 66.2 Å². The van der Waals surface area contributed by atoms with Crippen LogP contribution in [0.4, 0.5) is 4.39 Å². The molecule has 0 aliphatic rings. The smallest absolute Gasteiger partial charge is 0.118 e. The van der Waals surface area contributed by atoms with Gasteiger partial charge in [0.2, 0.25) is 0 Å². The monoisotopic (exact) mass is 1080 g/mol. The molecule has 0 amide bonds. The van der Waals surface area contributed by atoms with Crippen LogP contribution in [-0.2, 0) is 0 Å². The highest BCUT2D eigenvalue weighted by Crippen LogP contribution is 2.27.